The molecule has 6 aromatic rings. The summed E-state index contributed by atoms with van der Waals surface area (Å²) in [5.41, 5.74) is -4.29. The van der Waals surface area contributed by atoms with E-state index in [0.717, 1.165) is 23.6 Å². The summed E-state index contributed by atoms with van der Waals surface area (Å²) in [5, 5.41) is 55.3. The highest BCUT2D eigenvalue weighted by Gasteiger charge is 2.78. The minimum Gasteiger partial charge on any atom is -0.456 e. The number of carbonyl (C=O) groups is 6. The Morgan fingerprint density at radius 1 is 0.816 bits per heavy atom. The number of halogens is 1. The van der Waals surface area contributed by atoms with Crippen LogP contribution in [0.2, 0.25) is 5.02 Å². The third-order valence-corrected chi connectivity index (χ3v) is 17.7. The van der Waals surface area contributed by atoms with Crippen LogP contribution in [0.5, 0.6) is 0 Å². The van der Waals surface area contributed by atoms with Crippen molar-refractivity contribution in [2.24, 2.45) is 16.7 Å². The van der Waals surface area contributed by atoms with Crippen LogP contribution in [0, 0.1) is 16.7 Å². The summed E-state index contributed by atoms with van der Waals surface area (Å²) in [6, 6.07) is 39.9. The second kappa shape index (κ2) is 25.4. The minimum absolute atomic E-state index is 0.0176. The molecule has 87 heavy (non-hydrogen) atoms. The lowest BCUT2D eigenvalue weighted by Crippen LogP contribution is -2.81. The standard InChI is InChI=1S/C43H53NO14.C24H20ClN3O/c1-22-26(55-37(51)32(48)30(24-15-11-9-12-16-24)44-38(52)58-39(3,4)5)20-43(53)35(56-36(50)25-17-13-10-14-18-25)33-41(8,34(49)31(47)29(22)40(43,6)7)27(46)19-28-42(33,21-54-28)57-23(2)45;25-22-12-10-19(11-13-22)18-6-8-21(9-7-18)24(29)27-16-23(28-15-14-26-17-28)20-4-2-1-3-5-20/h9-18,26-28,30-33,35,46-48,53H,19-21H2,1-8H3,(H,44,52);1-15,17,23H,16H2,(H,27,29)/t26-,27-,28+,30-,31+,32+,33-,35-,41+,42-,43+;23-/m01/s1. The molecule has 3 aliphatic carbocycles. The number of amides is 2. The summed E-state index contributed by atoms with van der Waals surface area (Å²) < 4.78 is 31.5. The number of esters is 3. The van der Waals surface area contributed by atoms with Gasteiger partial charge in [0, 0.05) is 54.7 Å². The van der Waals surface area contributed by atoms with Gasteiger partial charge in [-0.3, -0.25) is 14.4 Å². The van der Waals surface area contributed by atoms with E-state index in [-0.39, 0.29) is 41.7 Å². The van der Waals surface area contributed by atoms with E-state index in [9.17, 15) is 49.2 Å². The third-order valence-electron chi connectivity index (χ3n) is 17.4. The first kappa shape index (κ1) is 63.5. The number of rotatable bonds is 14. The number of ether oxygens (including phenoxy) is 5. The van der Waals surface area contributed by atoms with Crippen molar-refractivity contribution in [1.82, 2.24) is 20.2 Å². The summed E-state index contributed by atoms with van der Waals surface area (Å²) in [6.45, 7) is 12.3. The van der Waals surface area contributed by atoms with Crippen LogP contribution >= 0.6 is 11.6 Å². The van der Waals surface area contributed by atoms with Gasteiger partial charge in [0.1, 0.15) is 35.6 Å². The first-order valence-corrected chi connectivity index (χ1v) is 29.1. The fourth-order valence-corrected chi connectivity index (χ4v) is 13.0. The second-order valence-electron chi connectivity index (χ2n) is 24.3. The van der Waals surface area contributed by atoms with Crippen molar-refractivity contribution in [3.8, 4) is 11.1 Å². The Labute approximate surface area is 509 Å². The topological polar surface area (TPSA) is 271 Å². The number of alkyl carbamates (subject to hydrolysis) is 1. The van der Waals surface area contributed by atoms with Gasteiger partial charge in [-0.05, 0) is 104 Å². The molecule has 458 valence electrons. The third kappa shape index (κ3) is 12.7. The first-order chi connectivity index (χ1) is 41.2. The predicted octanol–water partition coefficient (Wildman–Crippen LogP) is 8.48. The summed E-state index contributed by atoms with van der Waals surface area (Å²) >= 11 is 5.95. The molecule has 1 aromatic heterocycles. The van der Waals surface area contributed by atoms with Crippen molar-refractivity contribution in [1.29, 1.82) is 0 Å². The Morgan fingerprint density at radius 2 is 1.40 bits per heavy atom. The van der Waals surface area contributed by atoms with Crippen LogP contribution in [0.15, 0.2) is 169 Å². The zero-order chi connectivity index (χ0) is 62.8. The number of carbonyl (C=O) groups excluding carboxylic acids is 6. The highest BCUT2D eigenvalue weighted by Crippen LogP contribution is 2.64. The normalized spacial score (nSPS) is 26.4. The van der Waals surface area contributed by atoms with Crippen LogP contribution in [0.3, 0.4) is 0 Å². The van der Waals surface area contributed by atoms with Crippen LogP contribution < -0.4 is 10.6 Å². The maximum Gasteiger partial charge on any atom is 0.408 e. The molecule has 6 N–H and O–H groups in total. The van der Waals surface area contributed by atoms with Crippen molar-refractivity contribution < 1.29 is 72.9 Å². The Balaban J connectivity index is 0.000000259. The number of imidazole rings is 1. The summed E-state index contributed by atoms with van der Waals surface area (Å²) in [5.74, 6) is -5.47. The van der Waals surface area contributed by atoms with Gasteiger partial charge < -0.3 is 59.3 Å². The molecule has 20 heteroatoms. The number of nitrogens with zero attached hydrogens (tertiary/aromatic N) is 2. The molecule has 12 atom stereocenters. The lowest BCUT2D eigenvalue weighted by atomic mass is 9.44. The summed E-state index contributed by atoms with van der Waals surface area (Å²) in [6.07, 6.45) is -6.06. The van der Waals surface area contributed by atoms with Gasteiger partial charge in [-0.25, -0.2) is 19.4 Å². The molecule has 0 unspecified atom stereocenters. The van der Waals surface area contributed by atoms with E-state index >= 15 is 0 Å². The number of aliphatic hydroxyl groups excluding tert-OH is 3. The van der Waals surface area contributed by atoms with Crippen molar-refractivity contribution in [3.05, 3.63) is 197 Å². The molecular formula is C67H73ClN4O15. The number of Topliss-reactive ketones (excluding diaryl/α,β-unsaturated/α-hetero) is 1. The molecule has 10 rings (SSSR count). The fourth-order valence-electron chi connectivity index (χ4n) is 12.8. The van der Waals surface area contributed by atoms with Gasteiger partial charge in [0.05, 0.1) is 48.0 Å². The molecule has 2 saturated carbocycles. The number of aliphatic hydroxyl groups is 4. The summed E-state index contributed by atoms with van der Waals surface area (Å²) in [7, 11) is 0. The minimum atomic E-state index is -2.35. The molecule has 19 nitrogen and oxygen atoms in total. The van der Waals surface area contributed by atoms with Gasteiger partial charge in [-0.2, -0.15) is 0 Å². The molecule has 4 aliphatic rings. The maximum atomic E-state index is 14.9. The number of hydrogen-bond acceptors (Lipinski definition) is 16. The molecule has 5 aromatic carbocycles. The molecule has 0 spiro atoms. The lowest BCUT2D eigenvalue weighted by molar-refractivity contribution is -0.346. The zero-order valence-electron chi connectivity index (χ0n) is 49.6. The number of ketones is 1. The van der Waals surface area contributed by atoms with Gasteiger partial charge in [0.2, 0.25) is 0 Å². The molecule has 2 amide bonds. The van der Waals surface area contributed by atoms with E-state index in [1.165, 1.54) is 26.0 Å². The number of aromatic nitrogens is 2. The van der Waals surface area contributed by atoms with Gasteiger partial charge in [-0.15, -0.1) is 0 Å². The SMILES string of the molecule is CC(=O)O[C@@]12CO[C@@H]1C[C@H](O)[C@@]1(C)C(=O)[C@H](O)C3=C(C)[C@@H](OC(=O)[C@H](O)[C@@H](NC(=O)OC(C)(C)C)c4ccccc4)C[C@@](O)([C@@H](OC(=O)c4ccccc4)[C@H]21)C3(C)C.O=C(NC[C@H](c1ccccc1)n1ccnc1)c1ccc(-c2ccc(Cl)cc2)cc1. The van der Waals surface area contributed by atoms with Crippen LogP contribution in [-0.4, -0.2) is 132 Å². The Bertz CT molecular complexity index is 3490. The van der Waals surface area contributed by atoms with Crippen LogP contribution in [0.1, 0.15) is 112 Å². The van der Waals surface area contributed by atoms with E-state index < -0.39 is 112 Å². The highest BCUT2D eigenvalue weighted by atomic mass is 35.5. The lowest BCUT2D eigenvalue weighted by Gasteiger charge is -2.67. The largest absolute Gasteiger partial charge is 0.456 e. The van der Waals surface area contributed by atoms with Gasteiger partial charge in [-0.1, -0.05) is 129 Å². The molecule has 1 saturated heterocycles. The number of nitrogens with one attached hydrogen (secondary N) is 2. The molecular weight excluding hydrogens is 1140 g/mol. The fraction of sp³-hybridized carbons (Fsp3) is 0.388. The van der Waals surface area contributed by atoms with Crippen LogP contribution in [-0.2, 0) is 38.1 Å². The van der Waals surface area contributed by atoms with E-state index in [2.05, 4.69) is 27.8 Å². The number of fused-ring (bicyclic) bond motifs is 5. The van der Waals surface area contributed by atoms with Crippen molar-refractivity contribution >= 4 is 47.3 Å². The van der Waals surface area contributed by atoms with Crippen LogP contribution in [0.25, 0.3) is 11.1 Å². The van der Waals surface area contributed by atoms with E-state index in [1.807, 2.05) is 77.5 Å². The summed E-state index contributed by atoms with van der Waals surface area (Å²) in [4.78, 5) is 85.7. The van der Waals surface area contributed by atoms with E-state index in [0.29, 0.717) is 22.7 Å². The maximum absolute atomic E-state index is 14.9. The van der Waals surface area contributed by atoms with Crippen molar-refractivity contribution in [2.75, 3.05) is 13.2 Å². The van der Waals surface area contributed by atoms with Gasteiger partial charge in [0.25, 0.3) is 5.91 Å². The van der Waals surface area contributed by atoms with Gasteiger partial charge >= 0.3 is 24.0 Å². The molecule has 1 aliphatic heterocycles. The molecule has 0 radical (unpaired) electrons. The van der Waals surface area contributed by atoms with E-state index in [1.54, 1.807) is 95.7 Å². The van der Waals surface area contributed by atoms with E-state index in [4.69, 9.17) is 35.3 Å². The van der Waals surface area contributed by atoms with Crippen LogP contribution in [0.4, 0.5) is 4.79 Å². The quantitative estimate of drug-likeness (QED) is 0.0339. The first-order valence-electron chi connectivity index (χ1n) is 28.7. The molecule has 2 bridgehead atoms. The zero-order valence-corrected chi connectivity index (χ0v) is 50.3. The molecule has 3 fully saturated rings. The second-order valence-corrected chi connectivity index (χ2v) is 24.7. The Kier molecular flexibility index (Phi) is 18.5. The Morgan fingerprint density at radius 3 is 1.95 bits per heavy atom. The number of hydrogen-bond donors (Lipinski definition) is 6. The average Bonchev–Trinajstić information content (AvgIpc) is 0.944. The predicted molar refractivity (Wildman–Crippen MR) is 320 cm³/mol. The smallest absolute Gasteiger partial charge is 0.408 e. The Hall–Kier alpha value is -8.04. The van der Waals surface area contributed by atoms with Gasteiger partial charge in [0.15, 0.2) is 17.5 Å². The average molecular weight is 1210 g/mol. The monoisotopic (exact) mass is 1210 g/mol. The number of benzene rings is 5. The highest BCUT2D eigenvalue weighted by molar-refractivity contribution is 6.30. The van der Waals surface area contributed by atoms with Crippen molar-refractivity contribution in [3.63, 3.8) is 0 Å². The van der Waals surface area contributed by atoms with Crippen molar-refractivity contribution in [2.45, 2.75) is 134 Å². The molecule has 2 heterocycles.